The zero-order valence-electron chi connectivity index (χ0n) is 21.4. The van der Waals surface area contributed by atoms with Crippen molar-refractivity contribution in [1.29, 1.82) is 0 Å². The van der Waals surface area contributed by atoms with Gasteiger partial charge < -0.3 is 14.9 Å². The maximum absolute atomic E-state index is 14.4. The van der Waals surface area contributed by atoms with Gasteiger partial charge in [-0.2, -0.15) is 0 Å². The number of aliphatic hydroxyl groups is 1. The molecule has 0 spiro atoms. The summed E-state index contributed by atoms with van der Waals surface area (Å²) in [6.07, 6.45) is 0.893. The van der Waals surface area contributed by atoms with Crippen LogP contribution >= 0.6 is 11.6 Å². The fraction of sp³-hybridized carbons (Fsp3) is 0.593. The Hall–Kier alpha value is -2.33. The lowest BCUT2D eigenvalue weighted by Crippen LogP contribution is -2.53. The third-order valence-corrected chi connectivity index (χ3v) is 8.28. The maximum Gasteiger partial charge on any atom is 0.231 e. The highest BCUT2D eigenvalue weighted by atomic mass is 35.5. The molecule has 10 heteroatoms. The van der Waals surface area contributed by atoms with Gasteiger partial charge >= 0.3 is 0 Å². The third-order valence-electron chi connectivity index (χ3n) is 8.03. The van der Waals surface area contributed by atoms with Crippen LogP contribution in [0.25, 0.3) is 0 Å². The molecule has 8 nitrogen and oxygen atoms in total. The second kappa shape index (κ2) is 11.6. The first-order valence-electron chi connectivity index (χ1n) is 13.3. The van der Waals surface area contributed by atoms with Crippen LogP contribution in [-0.4, -0.2) is 108 Å². The predicted molar refractivity (Wildman–Crippen MR) is 142 cm³/mol. The molecule has 2 fully saturated rings. The van der Waals surface area contributed by atoms with Crippen LogP contribution < -0.4 is 4.90 Å². The summed E-state index contributed by atoms with van der Waals surface area (Å²) >= 11 is 6.14. The number of carbonyl (C=O) groups excluding carboxylic acids is 1. The van der Waals surface area contributed by atoms with E-state index in [2.05, 4.69) is 24.7 Å². The summed E-state index contributed by atoms with van der Waals surface area (Å²) < 4.78 is 14.4. The van der Waals surface area contributed by atoms with Crippen molar-refractivity contribution < 1.29 is 14.3 Å². The van der Waals surface area contributed by atoms with E-state index in [1.165, 1.54) is 6.33 Å². The molecule has 1 aromatic heterocycles. The minimum Gasteiger partial charge on any atom is -0.395 e. The average molecular weight is 531 g/mol. The molecule has 37 heavy (non-hydrogen) atoms. The number of rotatable bonds is 7. The van der Waals surface area contributed by atoms with Gasteiger partial charge in [-0.05, 0) is 30.0 Å². The highest BCUT2D eigenvalue weighted by molar-refractivity contribution is 6.30. The second-order valence-corrected chi connectivity index (χ2v) is 10.8. The SMILES string of the molecule is C[C@@H]1C[C@H](F)c2ncnc(N3CCN(C(=O)C(CN4CCN(CCO)CC4)c4ccc(Cl)cc4)CC3)c21. The molecular weight excluding hydrogens is 495 g/mol. The van der Waals surface area contributed by atoms with Gasteiger partial charge in [-0.15, -0.1) is 0 Å². The van der Waals surface area contributed by atoms with E-state index >= 15 is 0 Å². The molecular formula is C27H36ClFN6O2. The molecule has 0 radical (unpaired) electrons. The molecule has 3 aliphatic rings. The smallest absolute Gasteiger partial charge is 0.231 e. The highest BCUT2D eigenvalue weighted by Crippen LogP contribution is 2.44. The minimum atomic E-state index is -1.03. The van der Waals surface area contributed by atoms with Crippen LogP contribution in [0.2, 0.25) is 5.02 Å². The number of hydrogen-bond acceptors (Lipinski definition) is 7. The van der Waals surface area contributed by atoms with Gasteiger partial charge in [0.2, 0.25) is 5.91 Å². The Balaban J connectivity index is 1.27. The molecule has 2 aromatic rings. The van der Waals surface area contributed by atoms with E-state index in [1.54, 1.807) is 0 Å². The van der Waals surface area contributed by atoms with Gasteiger partial charge in [-0.1, -0.05) is 30.7 Å². The highest BCUT2D eigenvalue weighted by Gasteiger charge is 2.36. The van der Waals surface area contributed by atoms with Gasteiger partial charge in [0.15, 0.2) is 0 Å². The van der Waals surface area contributed by atoms with Gasteiger partial charge in [-0.25, -0.2) is 14.4 Å². The first-order valence-corrected chi connectivity index (χ1v) is 13.7. The lowest BCUT2D eigenvalue weighted by molar-refractivity contribution is -0.133. The normalized spacial score (nSPS) is 23.8. The van der Waals surface area contributed by atoms with Gasteiger partial charge in [0.1, 0.15) is 18.3 Å². The van der Waals surface area contributed by atoms with E-state index in [0.717, 1.165) is 43.1 Å². The van der Waals surface area contributed by atoms with Crippen LogP contribution in [0.1, 0.15) is 48.2 Å². The Morgan fingerprint density at radius 2 is 1.73 bits per heavy atom. The van der Waals surface area contributed by atoms with Gasteiger partial charge in [0.05, 0.1) is 18.2 Å². The number of aliphatic hydroxyl groups excluding tert-OH is 1. The number of benzene rings is 1. The lowest BCUT2D eigenvalue weighted by atomic mass is 9.96. The zero-order chi connectivity index (χ0) is 25.9. The van der Waals surface area contributed by atoms with Crippen molar-refractivity contribution in [2.45, 2.75) is 31.4 Å². The van der Waals surface area contributed by atoms with E-state index in [0.29, 0.717) is 56.4 Å². The molecule has 1 N–H and O–H groups in total. The van der Waals surface area contributed by atoms with Crippen molar-refractivity contribution in [3.8, 4) is 0 Å². The zero-order valence-corrected chi connectivity index (χ0v) is 22.2. The molecule has 0 bridgehead atoms. The number of hydrogen-bond donors (Lipinski definition) is 1. The summed E-state index contributed by atoms with van der Waals surface area (Å²) in [6.45, 7) is 9.59. The lowest BCUT2D eigenvalue weighted by Gasteiger charge is -2.40. The van der Waals surface area contributed by atoms with E-state index in [4.69, 9.17) is 11.6 Å². The monoisotopic (exact) mass is 530 g/mol. The predicted octanol–water partition coefficient (Wildman–Crippen LogP) is 2.69. The molecule has 3 atom stereocenters. The molecule has 1 aliphatic carbocycles. The molecule has 5 rings (SSSR count). The summed E-state index contributed by atoms with van der Waals surface area (Å²) in [5.41, 5.74) is 2.43. The average Bonchev–Trinajstić information content (AvgIpc) is 3.22. The number of halogens is 2. The summed E-state index contributed by atoms with van der Waals surface area (Å²) in [5.74, 6) is 0.765. The van der Waals surface area contributed by atoms with Crippen LogP contribution in [0.4, 0.5) is 10.2 Å². The van der Waals surface area contributed by atoms with Crippen molar-refractivity contribution in [1.82, 2.24) is 24.7 Å². The Morgan fingerprint density at radius 1 is 1.05 bits per heavy atom. The van der Waals surface area contributed by atoms with Gasteiger partial charge in [0, 0.05) is 76.0 Å². The van der Waals surface area contributed by atoms with Gasteiger partial charge in [0.25, 0.3) is 0 Å². The van der Waals surface area contributed by atoms with Crippen LogP contribution in [0, 0.1) is 0 Å². The topological polar surface area (TPSA) is 76.0 Å². The maximum atomic E-state index is 14.4. The number of carbonyl (C=O) groups is 1. The van der Waals surface area contributed by atoms with E-state index in [-0.39, 0.29) is 24.3 Å². The van der Waals surface area contributed by atoms with Crippen molar-refractivity contribution in [2.24, 2.45) is 0 Å². The summed E-state index contributed by atoms with van der Waals surface area (Å²) in [4.78, 5) is 31.4. The Morgan fingerprint density at radius 3 is 2.41 bits per heavy atom. The van der Waals surface area contributed by atoms with Crippen molar-refractivity contribution >= 4 is 23.3 Å². The number of fused-ring (bicyclic) bond motifs is 1. The molecule has 2 saturated heterocycles. The van der Waals surface area contributed by atoms with Crippen molar-refractivity contribution in [2.75, 3.05) is 77.0 Å². The number of aromatic nitrogens is 2. The van der Waals surface area contributed by atoms with Crippen LogP contribution in [0.15, 0.2) is 30.6 Å². The number of piperazine rings is 2. The van der Waals surface area contributed by atoms with Crippen molar-refractivity contribution in [3.05, 3.63) is 52.4 Å². The first kappa shape index (κ1) is 26.3. The summed E-state index contributed by atoms with van der Waals surface area (Å²) in [7, 11) is 0. The first-order chi connectivity index (χ1) is 17.9. The number of anilines is 1. The number of alkyl halides is 1. The van der Waals surface area contributed by atoms with E-state index < -0.39 is 6.17 Å². The minimum absolute atomic E-state index is 0.0907. The Bertz CT molecular complexity index is 1070. The number of nitrogens with zero attached hydrogens (tertiary/aromatic N) is 6. The fourth-order valence-electron chi connectivity index (χ4n) is 5.89. The third kappa shape index (κ3) is 5.74. The van der Waals surface area contributed by atoms with Crippen LogP contribution in [0.3, 0.4) is 0 Å². The molecule has 3 heterocycles. The van der Waals surface area contributed by atoms with Crippen molar-refractivity contribution in [3.63, 3.8) is 0 Å². The molecule has 1 amide bonds. The summed E-state index contributed by atoms with van der Waals surface area (Å²) in [6, 6.07) is 7.62. The van der Waals surface area contributed by atoms with E-state index in [1.807, 2.05) is 36.1 Å². The molecule has 0 saturated carbocycles. The standard InChI is InChI=1S/C27H36ClFN6O2/c1-19-16-23(29)25-24(19)26(31-18-30-25)34-10-12-35(13-11-34)27(37)22(20-2-4-21(28)5-3-20)17-33-8-6-32(7-9-33)14-15-36/h2-5,18-19,22-23,36H,6-17H2,1H3/t19-,22?,23+/m1/s1. The molecule has 1 unspecified atom stereocenters. The Labute approximate surface area is 223 Å². The number of β-amino-alcohol motifs (C(OH)–C–C–N with tert-alkyl or cyclic N) is 1. The quantitative estimate of drug-likeness (QED) is 0.590. The molecule has 1 aromatic carbocycles. The van der Waals surface area contributed by atoms with E-state index in [9.17, 15) is 14.3 Å². The second-order valence-electron chi connectivity index (χ2n) is 10.4. The summed E-state index contributed by atoms with van der Waals surface area (Å²) in [5, 5.41) is 9.89. The van der Waals surface area contributed by atoms with Crippen LogP contribution in [0.5, 0.6) is 0 Å². The molecule has 2 aliphatic heterocycles. The fourth-order valence-corrected chi connectivity index (χ4v) is 6.01. The van der Waals surface area contributed by atoms with Gasteiger partial charge in [-0.3, -0.25) is 14.6 Å². The van der Waals surface area contributed by atoms with Crippen LogP contribution in [-0.2, 0) is 4.79 Å². The largest absolute Gasteiger partial charge is 0.395 e. The number of amides is 1. The Kier molecular flexibility index (Phi) is 8.24. The molecule has 200 valence electrons.